The van der Waals surface area contributed by atoms with Crippen molar-refractivity contribution in [2.24, 2.45) is 0 Å². The molecule has 0 radical (unpaired) electrons. The first-order valence-corrected chi connectivity index (χ1v) is 13.6. The second kappa shape index (κ2) is 11.6. The molecule has 3 N–H and O–H groups in total. The first-order chi connectivity index (χ1) is 20.4. The number of nitrogens with one attached hydrogen (secondary N) is 2. The number of carbonyl (C=O) groups excluding carboxylic acids is 1. The van der Waals surface area contributed by atoms with Gasteiger partial charge in [-0.3, -0.25) is 4.79 Å². The Hall–Kier alpha value is -5.49. The highest BCUT2D eigenvalue weighted by atomic mass is 19.1. The standard InChI is InChI=1S/C36H27FN2O3/c37-31-16-14-27(15-17-31)29-19-32(35(40)39-21-24-8-12-28(13-9-24)36(41)42)34-30(22-38-33(34)20-29)18-23-6-10-26(11-7-23)25-4-2-1-3-5-25/h1-17,19-20,22,38H,18,21H2,(H,39,40)(H,41,42). The topological polar surface area (TPSA) is 82.2 Å². The quantitative estimate of drug-likeness (QED) is 0.179. The maximum Gasteiger partial charge on any atom is 0.335 e. The fourth-order valence-electron chi connectivity index (χ4n) is 5.17. The SMILES string of the molecule is O=C(O)c1ccc(CNC(=O)c2cc(-c3ccc(F)cc3)cc3[nH]cc(Cc4ccc(-c5ccccc5)cc4)c23)cc1. The van der Waals surface area contributed by atoms with Crippen LogP contribution in [0.5, 0.6) is 0 Å². The number of amides is 1. The van der Waals surface area contributed by atoms with E-state index in [1.54, 1.807) is 24.3 Å². The molecule has 1 aromatic heterocycles. The van der Waals surface area contributed by atoms with E-state index in [2.05, 4.69) is 46.7 Å². The summed E-state index contributed by atoms with van der Waals surface area (Å²) in [6.45, 7) is 0.238. The molecule has 0 spiro atoms. The Labute approximate surface area is 242 Å². The fourth-order valence-corrected chi connectivity index (χ4v) is 5.17. The summed E-state index contributed by atoms with van der Waals surface area (Å²) in [7, 11) is 0. The van der Waals surface area contributed by atoms with Crippen LogP contribution in [-0.4, -0.2) is 22.0 Å². The summed E-state index contributed by atoms with van der Waals surface area (Å²) in [5.74, 6) is -1.58. The van der Waals surface area contributed by atoms with E-state index in [-0.39, 0.29) is 23.8 Å². The van der Waals surface area contributed by atoms with Crippen LogP contribution < -0.4 is 5.32 Å². The van der Waals surface area contributed by atoms with Crippen LogP contribution in [0.3, 0.4) is 0 Å². The molecule has 0 fully saturated rings. The number of rotatable bonds is 8. The van der Waals surface area contributed by atoms with Crippen LogP contribution in [0.1, 0.15) is 37.4 Å². The van der Waals surface area contributed by atoms with Gasteiger partial charge in [-0.15, -0.1) is 0 Å². The van der Waals surface area contributed by atoms with E-state index in [0.717, 1.165) is 49.8 Å². The molecule has 5 nitrogen and oxygen atoms in total. The highest BCUT2D eigenvalue weighted by Crippen LogP contribution is 2.32. The van der Waals surface area contributed by atoms with Crippen molar-refractivity contribution in [3.63, 3.8) is 0 Å². The average Bonchev–Trinajstić information content (AvgIpc) is 3.43. The van der Waals surface area contributed by atoms with E-state index in [4.69, 9.17) is 5.11 Å². The zero-order valence-electron chi connectivity index (χ0n) is 22.6. The number of aromatic nitrogens is 1. The lowest BCUT2D eigenvalue weighted by Crippen LogP contribution is -2.23. The van der Waals surface area contributed by atoms with Crippen LogP contribution in [-0.2, 0) is 13.0 Å². The smallest absolute Gasteiger partial charge is 0.335 e. The summed E-state index contributed by atoms with van der Waals surface area (Å²) < 4.78 is 13.6. The number of H-pyrrole nitrogens is 1. The normalized spacial score (nSPS) is 11.0. The van der Waals surface area contributed by atoms with Crippen molar-refractivity contribution in [2.45, 2.75) is 13.0 Å². The molecule has 6 aromatic rings. The summed E-state index contributed by atoms with van der Waals surface area (Å²) in [6.07, 6.45) is 2.56. The lowest BCUT2D eigenvalue weighted by molar-refractivity contribution is 0.0696. The number of carboxylic acid groups (broad SMARTS) is 1. The van der Waals surface area contributed by atoms with Crippen LogP contribution in [0, 0.1) is 5.82 Å². The van der Waals surface area contributed by atoms with Gasteiger partial charge in [0.15, 0.2) is 0 Å². The van der Waals surface area contributed by atoms with E-state index < -0.39 is 5.97 Å². The second-order valence-electron chi connectivity index (χ2n) is 10.2. The van der Waals surface area contributed by atoms with Gasteiger partial charge >= 0.3 is 5.97 Å². The van der Waals surface area contributed by atoms with Gasteiger partial charge in [0.05, 0.1) is 5.56 Å². The van der Waals surface area contributed by atoms with E-state index in [1.807, 2.05) is 36.5 Å². The molecule has 0 unspecified atom stereocenters. The Bertz CT molecular complexity index is 1880. The van der Waals surface area contributed by atoms with Crippen molar-refractivity contribution in [3.8, 4) is 22.3 Å². The van der Waals surface area contributed by atoms with Crippen LogP contribution in [0.2, 0.25) is 0 Å². The molecule has 1 amide bonds. The number of aromatic carboxylic acids is 1. The third-order valence-electron chi connectivity index (χ3n) is 7.39. The average molecular weight is 555 g/mol. The van der Waals surface area contributed by atoms with Gasteiger partial charge < -0.3 is 15.4 Å². The number of fused-ring (bicyclic) bond motifs is 1. The summed E-state index contributed by atoms with van der Waals surface area (Å²) in [5, 5.41) is 13.0. The molecule has 0 atom stereocenters. The van der Waals surface area contributed by atoms with Crippen molar-refractivity contribution in [3.05, 3.63) is 155 Å². The number of hydrogen-bond donors (Lipinski definition) is 3. The maximum absolute atomic E-state index is 13.7. The van der Waals surface area contributed by atoms with Crippen molar-refractivity contribution in [1.29, 1.82) is 0 Å². The van der Waals surface area contributed by atoms with Crippen LogP contribution in [0.15, 0.2) is 121 Å². The van der Waals surface area contributed by atoms with Gasteiger partial charge in [-0.2, -0.15) is 0 Å². The molecule has 0 aliphatic heterocycles. The number of hydrogen-bond acceptors (Lipinski definition) is 2. The Morgan fingerprint density at radius 2 is 1.33 bits per heavy atom. The molecule has 0 saturated heterocycles. The molecule has 0 bridgehead atoms. The lowest BCUT2D eigenvalue weighted by Gasteiger charge is -2.12. The van der Waals surface area contributed by atoms with Crippen LogP contribution >= 0.6 is 0 Å². The summed E-state index contributed by atoms with van der Waals surface area (Å²) in [4.78, 5) is 28.2. The molecule has 6 heteroatoms. The van der Waals surface area contributed by atoms with Gasteiger partial charge in [0.25, 0.3) is 5.91 Å². The highest BCUT2D eigenvalue weighted by molar-refractivity contribution is 6.09. The Kier molecular flexibility index (Phi) is 7.35. The van der Waals surface area contributed by atoms with Crippen molar-refractivity contribution < 1.29 is 19.1 Å². The summed E-state index contributed by atoms with van der Waals surface area (Å²) in [5.41, 5.74) is 8.26. The number of halogens is 1. The van der Waals surface area contributed by atoms with Gasteiger partial charge in [0.2, 0.25) is 0 Å². The molecule has 6 rings (SSSR count). The number of aromatic amines is 1. The predicted molar refractivity (Wildman–Crippen MR) is 163 cm³/mol. The van der Waals surface area contributed by atoms with Crippen LogP contribution in [0.25, 0.3) is 33.2 Å². The largest absolute Gasteiger partial charge is 0.478 e. The maximum atomic E-state index is 13.7. The molecule has 0 aliphatic rings. The minimum atomic E-state index is -1.000. The number of carbonyl (C=O) groups is 2. The third kappa shape index (κ3) is 5.69. The van der Waals surface area contributed by atoms with E-state index in [1.165, 1.54) is 24.3 Å². The molecule has 5 aromatic carbocycles. The number of benzene rings is 5. The first-order valence-electron chi connectivity index (χ1n) is 13.6. The third-order valence-corrected chi connectivity index (χ3v) is 7.39. The zero-order valence-corrected chi connectivity index (χ0v) is 22.6. The zero-order chi connectivity index (χ0) is 29.1. The molecular formula is C36H27FN2O3. The van der Waals surface area contributed by atoms with Gasteiger partial charge in [0, 0.05) is 29.2 Å². The monoisotopic (exact) mass is 554 g/mol. The van der Waals surface area contributed by atoms with Crippen molar-refractivity contribution >= 4 is 22.8 Å². The molecule has 42 heavy (non-hydrogen) atoms. The highest BCUT2D eigenvalue weighted by Gasteiger charge is 2.18. The molecule has 1 heterocycles. The minimum absolute atomic E-state index is 0.188. The molecule has 0 saturated carbocycles. The second-order valence-corrected chi connectivity index (χ2v) is 10.2. The molecule has 0 aliphatic carbocycles. The van der Waals surface area contributed by atoms with Crippen molar-refractivity contribution in [1.82, 2.24) is 10.3 Å². The Balaban J connectivity index is 1.33. The predicted octanol–water partition coefficient (Wildman–Crippen LogP) is 7.86. The molecular weight excluding hydrogens is 527 g/mol. The fraction of sp³-hybridized carbons (Fsp3) is 0.0556. The summed E-state index contributed by atoms with van der Waals surface area (Å²) in [6, 6.07) is 35.1. The first kappa shape index (κ1) is 26.7. The van der Waals surface area contributed by atoms with Gasteiger partial charge in [0.1, 0.15) is 5.82 Å². The lowest BCUT2D eigenvalue weighted by atomic mass is 9.95. The minimum Gasteiger partial charge on any atom is -0.478 e. The number of carboxylic acids is 1. The molecule has 206 valence electrons. The van der Waals surface area contributed by atoms with Gasteiger partial charge in [-0.25, -0.2) is 9.18 Å². The van der Waals surface area contributed by atoms with E-state index in [0.29, 0.717) is 12.0 Å². The van der Waals surface area contributed by atoms with Crippen LogP contribution in [0.4, 0.5) is 4.39 Å². The van der Waals surface area contributed by atoms with Gasteiger partial charge in [-0.05, 0) is 81.8 Å². The van der Waals surface area contributed by atoms with E-state index >= 15 is 0 Å². The van der Waals surface area contributed by atoms with Crippen molar-refractivity contribution in [2.75, 3.05) is 0 Å². The Morgan fingerprint density at radius 1 is 0.714 bits per heavy atom. The van der Waals surface area contributed by atoms with E-state index in [9.17, 15) is 14.0 Å². The van der Waals surface area contributed by atoms with Gasteiger partial charge in [-0.1, -0.05) is 78.9 Å². The summed E-state index contributed by atoms with van der Waals surface area (Å²) >= 11 is 0. The Morgan fingerprint density at radius 3 is 2.02 bits per heavy atom.